The Morgan fingerprint density at radius 3 is 2.62 bits per heavy atom. The molecule has 2 fully saturated rings. The summed E-state index contributed by atoms with van der Waals surface area (Å²) in [5.74, 6) is 2.13. The largest absolute Gasteiger partial charge is 0.493 e. The second-order valence-electron chi connectivity index (χ2n) is 5.92. The molecule has 1 aromatic carbocycles. The standard InChI is InChI=1S/C17H25NO3/c1-4-18-17(13-10-12-6-8-14(13)21-12)11-5-7-15(19-2)16(9-11)20-3/h5,7,9,12-14,17-18H,4,6,8,10H2,1-3H3. The molecule has 0 spiro atoms. The van der Waals surface area contributed by atoms with Crippen molar-refractivity contribution in [2.45, 2.75) is 44.4 Å². The Kier molecular flexibility index (Phi) is 4.36. The van der Waals surface area contributed by atoms with Gasteiger partial charge in [-0.25, -0.2) is 0 Å². The minimum Gasteiger partial charge on any atom is -0.493 e. The van der Waals surface area contributed by atoms with Crippen molar-refractivity contribution in [1.29, 1.82) is 0 Å². The van der Waals surface area contributed by atoms with E-state index in [9.17, 15) is 0 Å². The summed E-state index contributed by atoms with van der Waals surface area (Å²) >= 11 is 0. The molecule has 2 saturated heterocycles. The summed E-state index contributed by atoms with van der Waals surface area (Å²) in [5, 5.41) is 3.64. The van der Waals surface area contributed by atoms with Gasteiger partial charge in [-0.05, 0) is 43.5 Å². The number of nitrogens with one attached hydrogen (secondary N) is 1. The first kappa shape index (κ1) is 14.7. The Morgan fingerprint density at radius 2 is 2.05 bits per heavy atom. The third kappa shape index (κ3) is 2.74. The van der Waals surface area contributed by atoms with Crippen LogP contribution in [-0.2, 0) is 4.74 Å². The predicted molar refractivity (Wildman–Crippen MR) is 82.0 cm³/mol. The first-order chi connectivity index (χ1) is 10.3. The van der Waals surface area contributed by atoms with Crippen LogP contribution >= 0.6 is 0 Å². The van der Waals surface area contributed by atoms with Crippen LogP contribution in [0.3, 0.4) is 0 Å². The third-order valence-corrected chi connectivity index (χ3v) is 4.77. The van der Waals surface area contributed by atoms with Crippen LogP contribution in [0.1, 0.15) is 37.8 Å². The Hall–Kier alpha value is -1.26. The highest BCUT2D eigenvalue weighted by Gasteiger charge is 2.44. The topological polar surface area (TPSA) is 39.7 Å². The number of methoxy groups -OCH3 is 2. The molecular weight excluding hydrogens is 266 g/mol. The van der Waals surface area contributed by atoms with Crippen LogP contribution in [0.15, 0.2) is 18.2 Å². The summed E-state index contributed by atoms with van der Waals surface area (Å²) in [6.45, 7) is 3.11. The van der Waals surface area contributed by atoms with Gasteiger partial charge in [0.25, 0.3) is 0 Å². The molecule has 2 aliphatic heterocycles. The fourth-order valence-electron chi connectivity index (χ4n) is 3.81. The van der Waals surface area contributed by atoms with Crippen LogP contribution in [0.5, 0.6) is 11.5 Å². The van der Waals surface area contributed by atoms with Gasteiger partial charge in [-0.15, -0.1) is 0 Å². The average molecular weight is 291 g/mol. The van der Waals surface area contributed by atoms with Crippen LogP contribution in [0.25, 0.3) is 0 Å². The van der Waals surface area contributed by atoms with Crippen molar-refractivity contribution in [2.75, 3.05) is 20.8 Å². The van der Waals surface area contributed by atoms with Gasteiger partial charge in [-0.3, -0.25) is 0 Å². The molecule has 1 N–H and O–H groups in total. The van der Waals surface area contributed by atoms with Gasteiger partial charge >= 0.3 is 0 Å². The lowest BCUT2D eigenvalue weighted by Crippen LogP contribution is -2.33. The molecule has 0 saturated carbocycles. The van der Waals surface area contributed by atoms with Crippen LogP contribution in [0, 0.1) is 5.92 Å². The summed E-state index contributed by atoms with van der Waals surface area (Å²) in [5.41, 5.74) is 1.26. The smallest absolute Gasteiger partial charge is 0.161 e. The molecular formula is C17H25NO3. The highest BCUT2D eigenvalue weighted by Crippen LogP contribution is 2.45. The van der Waals surface area contributed by atoms with Crippen LogP contribution in [-0.4, -0.2) is 33.0 Å². The van der Waals surface area contributed by atoms with E-state index in [1.807, 2.05) is 6.07 Å². The molecule has 0 radical (unpaired) electrons. The fraction of sp³-hybridized carbons (Fsp3) is 0.647. The van der Waals surface area contributed by atoms with E-state index in [1.165, 1.54) is 18.4 Å². The molecule has 4 nitrogen and oxygen atoms in total. The Bertz CT molecular complexity index is 491. The van der Waals surface area contributed by atoms with Crippen molar-refractivity contribution in [1.82, 2.24) is 5.32 Å². The monoisotopic (exact) mass is 291 g/mol. The van der Waals surface area contributed by atoms with Crippen molar-refractivity contribution in [3.63, 3.8) is 0 Å². The first-order valence-corrected chi connectivity index (χ1v) is 7.87. The molecule has 116 valence electrons. The van der Waals surface area contributed by atoms with Gasteiger partial charge < -0.3 is 19.5 Å². The zero-order valence-electron chi connectivity index (χ0n) is 13.1. The van der Waals surface area contributed by atoms with Crippen molar-refractivity contribution >= 4 is 0 Å². The van der Waals surface area contributed by atoms with E-state index in [1.54, 1.807) is 14.2 Å². The Labute approximate surface area is 126 Å². The number of hydrogen-bond acceptors (Lipinski definition) is 4. The molecule has 0 amide bonds. The first-order valence-electron chi connectivity index (χ1n) is 7.87. The van der Waals surface area contributed by atoms with E-state index in [2.05, 4.69) is 24.4 Å². The van der Waals surface area contributed by atoms with Crippen molar-refractivity contribution in [3.05, 3.63) is 23.8 Å². The summed E-state index contributed by atoms with van der Waals surface area (Å²) in [7, 11) is 3.35. The van der Waals surface area contributed by atoms with Crippen LogP contribution in [0.2, 0.25) is 0 Å². The van der Waals surface area contributed by atoms with Gasteiger partial charge in [0.05, 0.1) is 26.4 Å². The van der Waals surface area contributed by atoms with Gasteiger partial charge in [-0.2, -0.15) is 0 Å². The SMILES string of the molecule is CCNC(c1ccc(OC)c(OC)c1)C1CC2CCC1O2. The fourth-order valence-corrected chi connectivity index (χ4v) is 3.81. The second-order valence-corrected chi connectivity index (χ2v) is 5.92. The van der Waals surface area contributed by atoms with Crippen molar-refractivity contribution < 1.29 is 14.2 Å². The van der Waals surface area contributed by atoms with E-state index in [0.29, 0.717) is 24.2 Å². The maximum absolute atomic E-state index is 6.04. The van der Waals surface area contributed by atoms with Gasteiger partial charge in [0.15, 0.2) is 11.5 Å². The molecule has 4 heteroatoms. The predicted octanol–water partition coefficient (Wildman–Crippen LogP) is 2.92. The maximum Gasteiger partial charge on any atom is 0.161 e. The van der Waals surface area contributed by atoms with Gasteiger partial charge in [0.2, 0.25) is 0 Å². The molecule has 0 aliphatic carbocycles. The van der Waals surface area contributed by atoms with E-state index < -0.39 is 0 Å². The van der Waals surface area contributed by atoms with Gasteiger partial charge in [-0.1, -0.05) is 13.0 Å². The molecule has 1 aromatic rings. The zero-order chi connectivity index (χ0) is 14.8. The molecule has 0 aromatic heterocycles. The van der Waals surface area contributed by atoms with Crippen molar-refractivity contribution in [2.24, 2.45) is 5.92 Å². The molecule has 21 heavy (non-hydrogen) atoms. The van der Waals surface area contributed by atoms with E-state index in [0.717, 1.165) is 24.5 Å². The summed E-state index contributed by atoms with van der Waals surface area (Å²) in [4.78, 5) is 0. The molecule has 3 rings (SSSR count). The minimum absolute atomic E-state index is 0.324. The normalized spacial score (nSPS) is 28.6. The molecule has 4 atom stereocenters. The maximum atomic E-state index is 6.04. The molecule has 2 heterocycles. The van der Waals surface area contributed by atoms with Crippen LogP contribution < -0.4 is 14.8 Å². The lowest BCUT2D eigenvalue weighted by molar-refractivity contribution is 0.0858. The van der Waals surface area contributed by atoms with Gasteiger partial charge in [0, 0.05) is 12.0 Å². The highest BCUT2D eigenvalue weighted by molar-refractivity contribution is 5.44. The van der Waals surface area contributed by atoms with Gasteiger partial charge in [0.1, 0.15) is 0 Å². The minimum atomic E-state index is 0.324. The molecule has 2 bridgehead atoms. The summed E-state index contributed by atoms with van der Waals surface area (Å²) < 4.78 is 16.8. The summed E-state index contributed by atoms with van der Waals surface area (Å²) in [6.07, 6.45) is 4.47. The number of benzene rings is 1. The zero-order valence-corrected chi connectivity index (χ0v) is 13.1. The number of hydrogen-bond donors (Lipinski definition) is 1. The van der Waals surface area contributed by atoms with Crippen molar-refractivity contribution in [3.8, 4) is 11.5 Å². The summed E-state index contributed by atoms with van der Waals surface area (Å²) in [6, 6.07) is 6.55. The number of fused-ring (bicyclic) bond motifs is 2. The van der Waals surface area contributed by atoms with E-state index in [-0.39, 0.29) is 0 Å². The van der Waals surface area contributed by atoms with E-state index in [4.69, 9.17) is 14.2 Å². The molecule has 2 aliphatic rings. The van der Waals surface area contributed by atoms with E-state index >= 15 is 0 Å². The number of rotatable bonds is 6. The second kappa shape index (κ2) is 6.24. The lowest BCUT2D eigenvalue weighted by Gasteiger charge is -2.30. The van der Waals surface area contributed by atoms with Crippen LogP contribution in [0.4, 0.5) is 0 Å². The number of ether oxygens (including phenoxy) is 3. The average Bonchev–Trinajstić information content (AvgIpc) is 3.14. The Morgan fingerprint density at radius 1 is 1.24 bits per heavy atom. The quantitative estimate of drug-likeness (QED) is 0.875. The molecule has 4 unspecified atom stereocenters. The third-order valence-electron chi connectivity index (χ3n) is 4.77. The Balaban J connectivity index is 1.86. The lowest BCUT2D eigenvalue weighted by atomic mass is 9.81. The highest BCUT2D eigenvalue weighted by atomic mass is 16.5.